The predicted molar refractivity (Wildman–Crippen MR) is 115 cm³/mol. The lowest BCUT2D eigenvalue weighted by molar-refractivity contribution is -0.137. The summed E-state index contributed by atoms with van der Waals surface area (Å²) in [7, 11) is 0. The van der Waals surface area contributed by atoms with Crippen LogP contribution in [-0.4, -0.2) is 67.5 Å². The number of nitrogens with zero attached hydrogens (tertiary/aromatic N) is 3. The fourth-order valence-corrected chi connectivity index (χ4v) is 3.98. The second-order valence-electron chi connectivity index (χ2n) is 7.79. The van der Waals surface area contributed by atoms with E-state index < -0.39 is 0 Å². The highest BCUT2D eigenvalue weighted by molar-refractivity contribution is 5.91. The molecule has 3 rings (SSSR count). The minimum Gasteiger partial charge on any atom is -0.479 e. The smallest absolute Gasteiger partial charge is 0.244 e. The van der Waals surface area contributed by atoms with E-state index >= 15 is 0 Å². The minimum atomic E-state index is -0.130. The lowest BCUT2D eigenvalue weighted by atomic mass is 10.1. The Morgan fingerprint density at radius 1 is 1.13 bits per heavy atom. The molecule has 1 aromatic rings. The highest BCUT2D eigenvalue weighted by Gasteiger charge is 2.29. The summed E-state index contributed by atoms with van der Waals surface area (Å²) in [4.78, 5) is 28.8. The minimum absolute atomic E-state index is 0.0173. The van der Waals surface area contributed by atoms with Crippen molar-refractivity contribution in [2.24, 2.45) is 5.92 Å². The molecule has 1 aromatic carbocycles. The average molecular weight is 411 g/mol. The van der Waals surface area contributed by atoms with E-state index in [0.717, 1.165) is 51.1 Å². The number of hydrogen-bond acceptors (Lipinski definition) is 5. The van der Waals surface area contributed by atoms with Crippen molar-refractivity contribution in [2.45, 2.75) is 25.7 Å². The molecule has 1 aliphatic heterocycles. The monoisotopic (exact) mass is 410 g/mol. The van der Waals surface area contributed by atoms with Gasteiger partial charge in [-0.1, -0.05) is 25.0 Å². The first-order valence-electron chi connectivity index (χ1n) is 10.7. The number of carbonyl (C=O) groups excluding carboxylic acids is 2. The van der Waals surface area contributed by atoms with E-state index in [9.17, 15) is 9.59 Å². The summed E-state index contributed by atoms with van der Waals surface area (Å²) in [6.07, 6.45) is 7.74. The first kappa shape index (κ1) is 21.8. The van der Waals surface area contributed by atoms with Crippen molar-refractivity contribution in [3.63, 3.8) is 0 Å². The lowest BCUT2D eigenvalue weighted by Crippen LogP contribution is -2.51. The number of ether oxygens (including phenoxy) is 1. The largest absolute Gasteiger partial charge is 0.479 e. The second-order valence-corrected chi connectivity index (χ2v) is 7.79. The molecule has 2 amide bonds. The second kappa shape index (κ2) is 11.4. The Morgan fingerprint density at radius 2 is 1.83 bits per heavy atom. The molecule has 7 nitrogen and oxygen atoms in total. The molecule has 160 valence electrons. The van der Waals surface area contributed by atoms with E-state index in [1.807, 2.05) is 23.1 Å². The molecule has 1 heterocycles. The Kier molecular flexibility index (Phi) is 8.28. The van der Waals surface area contributed by atoms with Crippen molar-refractivity contribution >= 4 is 17.9 Å². The van der Waals surface area contributed by atoms with Crippen LogP contribution in [0.25, 0.3) is 6.08 Å². The zero-order valence-corrected chi connectivity index (χ0v) is 17.4. The standard InChI is InChI=1S/C23H30N4O3/c24-11-18-30-21-8-5-19(6-9-21)7-10-22(28)25-12-13-26-14-16-27(17-15-26)23(29)20-3-1-2-4-20/h5-10,20H,1-4,12-18H2,(H,25,28)/b10-7+. The number of rotatable bonds is 8. The van der Waals surface area contributed by atoms with Crippen LogP contribution in [0.1, 0.15) is 31.2 Å². The number of hydrogen-bond donors (Lipinski definition) is 1. The quantitative estimate of drug-likeness (QED) is 0.663. The zero-order valence-electron chi connectivity index (χ0n) is 17.4. The van der Waals surface area contributed by atoms with Gasteiger partial charge in [-0.05, 0) is 36.6 Å². The Balaban J connectivity index is 1.31. The molecule has 1 N–H and O–H groups in total. The van der Waals surface area contributed by atoms with E-state index in [4.69, 9.17) is 10.00 Å². The van der Waals surface area contributed by atoms with Crippen LogP contribution in [0.5, 0.6) is 5.75 Å². The van der Waals surface area contributed by atoms with E-state index in [0.29, 0.717) is 18.2 Å². The molecule has 2 fully saturated rings. The summed E-state index contributed by atoms with van der Waals surface area (Å²) >= 11 is 0. The number of nitrogens with one attached hydrogen (secondary N) is 1. The first-order chi connectivity index (χ1) is 14.7. The predicted octanol–water partition coefficient (Wildman–Crippen LogP) is 2.05. The van der Waals surface area contributed by atoms with Crippen LogP contribution in [0.2, 0.25) is 0 Å². The number of amides is 2. The van der Waals surface area contributed by atoms with Crippen molar-refractivity contribution in [3.05, 3.63) is 35.9 Å². The van der Waals surface area contributed by atoms with Crippen molar-refractivity contribution in [2.75, 3.05) is 45.9 Å². The fourth-order valence-electron chi connectivity index (χ4n) is 3.98. The summed E-state index contributed by atoms with van der Waals surface area (Å²) in [5.41, 5.74) is 0.887. The maximum absolute atomic E-state index is 12.5. The summed E-state index contributed by atoms with van der Waals surface area (Å²) in [5.74, 6) is 1.09. The van der Waals surface area contributed by atoms with Gasteiger partial charge in [0.2, 0.25) is 11.8 Å². The summed E-state index contributed by atoms with van der Waals surface area (Å²) in [5, 5.41) is 11.4. The van der Waals surface area contributed by atoms with Crippen LogP contribution in [0.4, 0.5) is 0 Å². The van der Waals surface area contributed by atoms with Crippen LogP contribution in [-0.2, 0) is 9.59 Å². The molecular weight excluding hydrogens is 380 g/mol. The normalized spacial score (nSPS) is 17.8. The fraction of sp³-hybridized carbons (Fsp3) is 0.522. The van der Waals surface area contributed by atoms with Gasteiger partial charge < -0.3 is 15.0 Å². The molecule has 0 radical (unpaired) electrons. The first-order valence-corrected chi connectivity index (χ1v) is 10.7. The third-order valence-electron chi connectivity index (χ3n) is 5.73. The molecule has 0 atom stereocenters. The van der Waals surface area contributed by atoms with E-state index in [2.05, 4.69) is 10.2 Å². The summed E-state index contributed by atoms with van der Waals surface area (Å²) in [6, 6.07) is 9.13. The maximum Gasteiger partial charge on any atom is 0.244 e. The molecule has 0 spiro atoms. The third-order valence-corrected chi connectivity index (χ3v) is 5.73. The van der Waals surface area contributed by atoms with Gasteiger partial charge in [0.15, 0.2) is 6.61 Å². The van der Waals surface area contributed by atoms with Gasteiger partial charge in [0, 0.05) is 51.3 Å². The highest BCUT2D eigenvalue weighted by atomic mass is 16.5. The number of benzene rings is 1. The molecule has 0 unspecified atom stereocenters. The van der Waals surface area contributed by atoms with Crippen LogP contribution < -0.4 is 10.1 Å². The van der Waals surface area contributed by atoms with Gasteiger partial charge in [-0.15, -0.1) is 0 Å². The van der Waals surface area contributed by atoms with E-state index in [1.54, 1.807) is 18.2 Å². The van der Waals surface area contributed by atoms with E-state index in [-0.39, 0.29) is 18.4 Å². The molecule has 0 aromatic heterocycles. The topological polar surface area (TPSA) is 85.7 Å². The Hall–Kier alpha value is -2.85. The van der Waals surface area contributed by atoms with Crippen molar-refractivity contribution in [1.82, 2.24) is 15.1 Å². The highest BCUT2D eigenvalue weighted by Crippen LogP contribution is 2.26. The average Bonchev–Trinajstić information content (AvgIpc) is 3.32. The van der Waals surface area contributed by atoms with Crippen LogP contribution in [0, 0.1) is 17.2 Å². The molecule has 7 heteroatoms. The summed E-state index contributed by atoms with van der Waals surface area (Å²) < 4.78 is 5.20. The summed E-state index contributed by atoms with van der Waals surface area (Å²) in [6.45, 7) is 4.70. The van der Waals surface area contributed by atoms with Crippen LogP contribution >= 0.6 is 0 Å². The molecule has 30 heavy (non-hydrogen) atoms. The number of nitriles is 1. The Bertz CT molecular complexity index is 771. The van der Waals surface area contributed by atoms with Crippen LogP contribution in [0.3, 0.4) is 0 Å². The Labute approximate surface area is 178 Å². The maximum atomic E-state index is 12.5. The van der Waals surface area contributed by atoms with Crippen molar-refractivity contribution in [1.29, 1.82) is 5.26 Å². The zero-order chi connectivity index (χ0) is 21.2. The molecule has 0 bridgehead atoms. The van der Waals surface area contributed by atoms with Gasteiger partial charge in [-0.2, -0.15) is 5.26 Å². The SMILES string of the molecule is N#CCOc1ccc(/C=C/C(=O)NCCN2CCN(C(=O)C3CCCC3)CC2)cc1. The third kappa shape index (κ3) is 6.60. The van der Waals surface area contributed by atoms with Gasteiger partial charge >= 0.3 is 0 Å². The van der Waals surface area contributed by atoms with Crippen molar-refractivity contribution < 1.29 is 14.3 Å². The molecule has 2 aliphatic rings. The van der Waals surface area contributed by atoms with Gasteiger partial charge in [-0.3, -0.25) is 14.5 Å². The molecule has 1 aliphatic carbocycles. The molecular formula is C23H30N4O3. The molecule has 1 saturated carbocycles. The van der Waals surface area contributed by atoms with Gasteiger partial charge in [0.1, 0.15) is 11.8 Å². The lowest BCUT2D eigenvalue weighted by Gasteiger charge is -2.36. The number of carbonyl (C=O) groups is 2. The van der Waals surface area contributed by atoms with Gasteiger partial charge in [0.05, 0.1) is 0 Å². The Morgan fingerprint density at radius 3 is 2.50 bits per heavy atom. The number of piperazine rings is 1. The van der Waals surface area contributed by atoms with Crippen LogP contribution in [0.15, 0.2) is 30.3 Å². The van der Waals surface area contributed by atoms with Crippen molar-refractivity contribution in [3.8, 4) is 11.8 Å². The molecule has 1 saturated heterocycles. The van der Waals surface area contributed by atoms with Gasteiger partial charge in [0.25, 0.3) is 0 Å². The van der Waals surface area contributed by atoms with Gasteiger partial charge in [-0.25, -0.2) is 0 Å². The van der Waals surface area contributed by atoms with E-state index in [1.165, 1.54) is 18.9 Å².